The van der Waals surface area contributed by atoms with E-state index in [1.54, 1.807) is 12.1 Å². The van der Waals surface area contributed by atoms with Crippen LogP contribution in [0.5, 0.6) is 0 Å². The number of anilines is 1. The van der Waals surface area contributed by atoms with Crippen LogP contribution < -0.4 is 9.62 Å². The lowest BCUT2D eigenvalue weighted by Crippen LogP contribution is -2.53. The summed E-state index contributed by atoms with van der Waals surface area (Å²) in [5.74, 6) is -0.700. The van der Waals surface area contributed by atoms with Crippen molar-refractivity contribution in [2.24, 2.45) is 0 Å². The van der Waals surface area contributed by atoms with Crippen molar-refractivity contribution >= 4 is 27.5 Å². The number of hydrogen-bond acceptors (Lipinski definition) is 4. The van der Waals surface area contributed by atoms with Crippen molar-refractivity contribution in [2.75, 3.05) is 23.7 Å². The van der Waals surface area contributed by atoms with E-state index in [1.165, 1.54) is 4.90 Å². The molecule has 0 fully saturated rings. The van der Waals surface area contributed by atoms with Gasteiger partial charge >= 0.3 is 0 Å². The Kier molecular flexibility index (Phi) is 10.9. The Labute approximate surface area is 239 Å². The number of carbonyl (C=O) groups excluding carboxylic acids is 2. The average molecular weight is 564 g/mol. The Balaban J connectivity index is 2.05. The summed E-state index contributed by atoms with van der Waals surface area (Å²) in [6.45, 7) is 8.04. The third-order valence-corrected chi connectivity index (χ3v) is 8.22. The molecule has 0 aliphatic heterocycles. The van der Waals surface area contributed by atoms with Gasteiger partial charge in [0.1, 0.15) is 12.6 Å². The number of sulfonamides is 1. The van der Waals surface area contributed by atoms with Crippen LogP contribution in [0.4, 0.5) is 5.69 Å². The van der Waals surface area contributed by atoms with Gasteiger partial charge < -0.3 is 10.2 Å². The van der Waals surface area contributed by atoms with E-state index in [0.717, 1.165) is 51.2 Å². The molecule has 0 saturated carbocycles. The van der Waals surface area contributed by atoms with E-state index in [-0.39, 0.29) is 12.5 Å². The smallest absolute Gasteiger partial charge is 0.244 e. The predicted octanol–water partition coefficient (Wildman–Crippen LogP) is 4.93. The number of nitrogens with one attached hydrogen (secondary N) is 1. The van der Waals surface area contributed by atoms with Crippen molar-refractivity contribution in [3.8, 4) is 0 Å². The molecule has 3 aromatic rings. The van der Waals surface area contributed by atoms with Gasteiger partial charge in [-0.2, -0.15) is 0 Å². The first kappa shape index (κ1) is 30.9. The average Bonchev–Trinajstić information content (AvgIpc) is 2.92. The predicted molar refractivity (Wildman–Crippen MR) is 162 cm³/mol. The summed E-state index contributed by atoms with van der Waals surface area (Å²) in [6.07, 6.45) is 3.16. The Morgan fingerprint density at radius 3 is 2.17 bits per heavy atom. The number of amides is 2. The quantitative estimate of drug-likeness (QED) is 0.299. The molecular weight excluding hydrogens is 522 g/mol. The van der Waals surface area contributed by atoms with Gasteiger partial charge in [-0.15, -0.1) is 0 Å². The highest BCUT2D eigenvalue weighted by atomic mass is 32.2. The van der Waals surface area contributed by atoms with Crippen molar-refractivity contribution in [3.63, 3.8) is 0 Å². The molecule has 1 N–H and O–H groups in total. The van der Waals surface area contributed by atoms with E-state index < -0.39 is 28.5 Å². The van der Waals surface area contributed by atoms with Crippen LogP contribution in [0.15, 0.2) is 72.8 Å². The molecule has 0 saturated heterocycles. The van der Waals surface area contributed by atoms with E-state index in [1.807, 2.05) is 88.4 Å². The first-order valence-electron chi connectivity index (χ1n) is 13.7. The third kappa shape index (κ3) is 8.42. The summed E-state index contributed by atoms with van der Waals surface area (Å²) in [5, 5.41) is 3.00. The molecule has 7 nitrogen and oxygen atoms in total. The standard InChI is InChI=1S/C32H41N3O4S/c1-6-7-20-33-32(37)30(21-27-13-9-8-10-14-27)34(22-28-18-16-24(2)17-19-28)31(36)23-35(40(5,38)39)29-15-11-12-25(3)26(29)4/h8-19,30H,6-7,20-23H2,1-5H3,(H,33,37). The summed E-state index contributed by atoms with van der Waals surface area (Å²) in [4.78, 5) is 29.3. The van der Waals surface area contributed by atoms with Crippen molar-refractivity contribution < 1.29 is 18.0 Å². The zero-order chi connectivity index (χ0) is 29.3. The fourth-order valence-electron chi connectivity index (χ4n) is 4.55. The highest BCUT2D eigenvalue weighted by Crippen LogP contribution is 2.26. The summed E-state index contributed by atoms with van der Waals surface area (Å²) in [6, 6.07) is 21.9. The lowest BCUT2D eigenvalue weighted by atomic mass is 10.0. The van der Waals surface area contributed by atoms with Gasteiger partial charge in [0.05, 0.1) is 11.9 Å². The molecule has 2 amide bonds. The first-order valence-corrected chi connectivity index (χ1v) is 15.6. The van der Waals surface area contributed by atoms with Crippen molar-refractivity contribution in [2.45, 2.75) is 59.5 Å². The van der Waals surface area contributed by atoms with Gasteiger partial charge in [-0.1, -0.05) is 85.6 Å². The minimum atomic E-state index is -3.80. The lowest BCUT2D eigenvalue weighted by Gasteiger charge is -2.34. The Bertz CT molecular complexity index is 1390. The SMILES string of the molecule is CCCCNC(=O)C(Cc1ccccc1)N(Cc1ccc(C)cc1)C(=O)CN(c1cccc(C)c1C)S(C)(=O)=O. The lowest BCUT2D eigenvalue weighted by molar-refractivity contribution is -0.140. The van der Waals surface area contributed by atoms with Crippen molar-refractivity contribution in [3.05, 3.63) is 101 Å². The molecule has 1 unspecified atom stereocenters. The van der Waals surface area contributed by atoms with Crippen molar-refractivity contribution in [1.29, 1.82) is 0 Å². The van der Waals surface area contributed by atoms with E-state index in [4.69, 9.17) is 0 Å². The van der Waals surface area contributed by atoms with E-state index in [0.29, 0.717) is 18.7 Å². The van der Waals surface area contributed by atoms with Crippen LogP contribution in [0, 0.1) is 20.8 Å². The molecule has 0 spiro atoms. The summed E-state index contributed by atoms with van der Waals surface area (Å²) >= 11 is 0. The van der Waals surface area contributed by atoms with Crippen LogP contribution in [0.25, 0.3) is 0 Å². The van der Waals surface area contributed by atoms with Crippen molar-refractivity contribution in [1.82, 2.24) is 10.2 Å². The highest BCUT2D eigenvalue weighted by molar-refractivity contribution is 7.92. The molecule has 0 heterocycles. The van der Waals surface area contributed by atoms with Gasteiger partial charge in [0.15, 0.2) is 0 Å². The molecule has 40 heavy (non-hydrogen) atoms. The van der Waals surface area contributed by atoms with Gasteiger partial charge in [-0.3, -0.25) is 13.9 Å². The Morgan fingerprint density at radius 2 is 1.55 bits per heavy atom. The van der Waals surface area contributed by atoms with Gasteiger partial charge in [-0.25, -0.2) is 8.42 Å². The fraction of sp³-hybridized carbons (Fsp3) is 0.375. The molecule has 3 aromatic carbocycles. The normalized spacial score (nSPS) is 12.0. The molecule has 0 radical (unpaired) electrons. The minimum absolute atomic E-state index is 0.169. The van der Waals surface area contributed by atoms with Crippen LogP contribution in [-0.2, 0) is 32.6 Å². The molecule has 0 aromatic heterocycles. The number of benzene rings is 3. The third-order valence-electron chi connectivity index (χ3n) is 7.10. The van der Waals surface area contributed by atoms with Crippen LogP contribution in [0.1, 0.15) is 47.6 Å². The van der Waals surface area contributed by atoms with E-state index in [9.17, 15) is 18.0 Å². The molecule has 8 heteroatoms. The van der Waals surface area contributed by atoms with Crippen LogP contribution >= 0.6 is 0 Å². The molecule has 0 bridgehead atoms. The first-order chi connectivity index (χ1) is 19.0. The van der Waals surface area contributed by atoms with Gasteiger partial charge in [0.2, 0.25) is 21.8 Å². The van der Waals surface area contributed by atoms with E-state index in [2.05, 4.69) is 5.32 Å². The Hall–Kier alpha value is -3.65. The number of unbranched alkanes of at least 4 members (excludes halogenated alkanes) is 1. The summed E-state index contributed by atoms with van der Waals surface area (Å²) in [7, 11) is -3.80. The molecule has 214 valence electrons. The second-order valence-corrected chi connectivity index (χ2v) is 12.3. The zero-order valence-corrected chi connectivity index (χ0v) is 25.0. The van der Waals surface area contributed by atoms with Gasteiger partial charge in [0.25, 0.3) is 0 Å². The molecule has 1 atom stereocenters. The van der Waals surface area contributed by atoms with Gasteiger partial charge in [-0.05, 0) is 55.5 Å². The van der Waals surface area contributed by atoms with Crippen LogP contribution in [0.2, 0.25) is 0 Å². The number of nitrogens with zero attached hydrogens (tertiary/aromatic N) is 2. The molecule has 0 aliphatic carbocycles. The number of hydrogen-bond donors (Lipinski definition) is 1. The van der Waals surface area contributed by atoms with Gasteiger partial charge in [0, 0.05) is 19.5 Å². The maximum atomic E-state index is 14.1. The summed E-state index contributed by atoms with van der Waals surface area (Å²) in [5.41, 5.74) is 5.01. The Morgan fingerprint density at radius 1 is 0.875 bits per heavy atom. The molecule has 3 rings (SSSR count). The number of aryl methyl sites for hydroxylation is 2. The van der Waals surface area contributed by atoms with Crippen LogP contribution in [-0.4, -0.2) is 50.5 Å². The second kappa shape index (κ2) is 14.1. The summed E-state index contributed by atoms with van der Waals surface area (Å²) < 4.78 is 27.1. The molecular formula is C32H41N3O4S. The fourth-order valence-corrected chi connectivity index (χ4v) is 5.45. The molecule has 0 aliphatic rings. The van der Waals surface area contributed by atoms with Crippen LogP contribution in [0.3, 0.4) is 0 Å². The van der Waals surface area contributed by atoms with E-state index >= 15 is 0 Å². The minimum Gasteiger partial charge on any atom is -0.354 e. The maximum Gasteiger partial charge on any atom is 0.244 e. The largest absolute Gasteiger partial charge is 0.354 e. The number of carbonyl (C=O) groups is 2. The topological polar surface area (TPSA) is 86.8 Å². The maximum absolute atomic E-state index is 14.1. The highest BCUT2D eigenvalue weighted by Gasteiger charge is 2.33. The second-order valence-electron chi connectivity index (χ2n) is 10.3. The zero-order valence-electron chi connectivity index (χ0n) is 24.2. The number of rotatable bonds is 13. The monoisotopic (exact) mass is 563 g/mol.